The molecule has 7 nitrogen and oxygen atoms in total. The van der Waals surface area contributed by atoms with Gasteiger partial charge in [-0.25, -0.2) is 0 Å². The molecule has 0 N–H and O–H groups in total. The van der Waals surface area contributed by atoms with Crippen molar-refractivity contribution in [2.45, 2.75) is 19.2 Å². The van der Waals surface area contributed by atoms with Gasteiger partial charge in [-0.15, -0.1) is 28.5 Å². The average molecular weight is 413 g/mol. The van der Waals surface area contributed by atoms with Gasteiger partial charge in [-0.2, -0.15) is 4.52 Å². The molecule has 3 aromatic rings. The zero-order valence-electron chi connectivity index (χ0n) is 14.2. The van der Waals surface area contributed by atoms with Crippen LogP contribution in [0.15, 0.2) is 24.3 Å². The summed E-state index contributed by atoms with van der Waals surface area (Å²) in [5.41, 5.74) is 0.589. The summed E-state index contributed by atoms with van der Waals surface area (Å²) in [5, 5.41) is 12.4. The van der Waals surface area contributed by atoms with E-state index in [1.54, 1.807) is 6.07 Å². The highest BCUT2D eigenvalue weighted by Gasteiger charge is 2.47. The molecule has 1 aliphatic heterocycles. The molecule has 0 saturated heterocycles. The van der Waals surface area contributed by atoms with Crippen molar-refractivity contribution in [3.8, 4) is 28.6 Å². The molecule has 11 heteroatoms. The van der Waals surface area contributed by atoms with Crippen LogP contribution >= 0.6 is 11.6 Å². The van der Waals surface area contributed by atoms with Gasteiger partial charge in [-0.1, -0.05) is 23.7 Å². The molecule has 5 rings (SSSR count). The third-order valence-corrected chi connectivity index (χ3v) is 5.00. The number of benzene rings is 1. The topological polar surface area (TPSA) is 70.8 Å². The lowest BCUT2D eigenvalue weighted by atomic mass is 10.1. The van der Waals surface area contributed by atoms with Crippen molar-refractivity contribution < 1.29 is 27.4 Å². The van der Waals surface area contributed by atoms with Crippen LogP contribution < -0.4 is 14.2 Å². The Bertz CT molecular complexity index is 1080. The van der Waals surface area contributed by atoms with Gasteiger partial charge in [0.2, 0.25) is 17.1 Å². The number of rotatable bonds is 2. The van der Waals surface area contributed by atoms with Crippen molar-refractivity contribution >= 4 is 17.2 Å². The van der Waals surface area contributed by atoms with E-state index in [2.05, 4.69) is 20.0 Å². The van der Waals surface area contributed by atoms with E-state index in [9.17, 15) is 13.2 Å². The molecular formula is C17H12ClF3N4O3. The molecule has 0 radical (unpaired) electrons. The maximum atomic E-state index is 12.5. The molecule has 1 spiro atoms. The number of hydrogen-bond donors (Lipinski definition) is 0. The van der Waals surface area contributed by atoms with Crippen molar-refractivity contribution in [3.63, 3.8) is 0 Å². The van der Waals surface area contributed by atoms with Gasteiger partial charge in [0, 0.05) is 11.0 Å². The smallest absolute Gasteiger partial charge is 0.486 e. The molecule has 0 amide bonds. The predicted octanol–water partition coefficient (Wildman–Crippen LogP) is 3.89. The first-order valence-electron chi connectivity index (χ1n) is 8.40. The summed E-state index contributed by atoms with van der Waals surface area (Å²) in [5.74, 6) is 0.440. The summed E-state index contributed by atoms with van der Waals surface area (Å²) in [7, 11) is 0. The highest BCUT2D eigenvalue weighted by Crippen LogP contribution is 2.50. The fourth-order valence-electron chi connectivity index (χ4n) is 3.07. The first kappa shape index (κ1) is 17.4. The normalized spacial score (nSPS) is 17.6. The summed E-state index contributed by atoms with van der Waals surface area (Å²) in [6.07, 6.45) is -2.78. The van der Waals surface area contributed by atoms with Crippen LogP contribution in [0.2, 0.25) is 5.15 Å². The van der Waals surface area contributed by atoms with Crippen LogP contribution in [0.1, 0.15) is 12.8 Å². The first-order chi connectivity index (χ1) is 13.3. The van der Waals surface area contributed by atoms with E-state index in [4.69, 9.17) is 21.1 Å². The molecule has 1 aliphatic carbocycles. The molecule has 1 saturated carbocycles. The summed E-state index contributed by atoms with van der Waals surface area (Å²) < 4.78 is 54.5. The lowest BCUT2D eigenvalue weighted by Gasteiger charge is -2.10. The highest BCUT2D eigenvalue weighted by molar-refractivity contribution is 6.31. The van der Waals surface area contributed by atoms with Gasteiger partial charge in [0.25, 0.3) is 0 Å². The van der Waals surface area contributed by atoms with E-state index >= 15 is 0 Å². The Kier molecular flexibility index (Phi) is 3.64. The molecule has 2 aromatic heterocycles. The van der Waals surface area contributed by atoms with Gasteiger partial charge in [0.1, 0.15) is 5.75 Å². The second-order valence-corrected chi connectivity index (χ2v) is 7.22. The molecule has 2 aliphatic rings. The summed E-state index contributed by atoms with van der Waals surface area (Å²) in [6, 6.07) is 5.37. The van der Waals surface area contributed by atoms with E-state index in [1.807, 2.05) is 0 Å². The second-order valence-electron chi connectivity index (χ2n) is 6.86. The van der Waals surface area contributed by atoms with Gasteiger partial charge in [0.05, 0.1) is 13.2 Å². The van der Waals surface area contributed by atoms with Crippen LogP contribution in [0.25, 0.3) is 17.0 Å². The molecular weight excluding hydrogens is 401 g/mol. The average Bonchev–Trinajstić information content (AvgIpc) is 3.33. The van der Waals surface area contributed by atoms with Gasteiger partial charge in [0.15, 0.2) is 11.0 Å². The molecule has 1 aromatic carbocycles. The lowest BCUT2D eigenvalue weighted by molar-refractivity contribution is -0.274. The molecule has 146 valence electrons. The monoisotopic (exact) mass is 412 g/mol. The van der Waals surface area contributed by atoms with Crippen molar-refractivity contribution in [1.29, 1.82) is 0 Å². The largest absolute Gasteiger partial charge is 0.573 e. The number of hydrogen-bond acceptors (Lipinski definition) is 6. The summed E-state index contributed by atoms with van der Waals surface area (Å²) in [4.78, 5) is 0. The van der Waals surface area contributed by atoms with Crippen LogP contribution in [0.4, 0.5) is 13.2 Å². The fraction of sp³-hybridized carbons (Fsp3) is 0.353. The molecule has 0 atom stereocenters. The van der Waals surface area contributed by atoms with E-state index in [0.717, 1.165) is 12.8 Å². The molecule has 3 heterocycles. The minimum Gasteiger partial charge on any atom is -0.486 e. The third kappa shape index (κ3) is 2.97. The maximum Gasteiger partial charge on any atom is 0.573 e. The Hall–Kier alpha value is -2.75. The lowest BCUT2D eigenvalue weighted by Crippen LogP contribution is -2.17. The van der Waals surface area contributed by atoms with Gasteiger partial charge < -0.3 is 14.2 Å². The Morgan fingerprint density at radius 2 is 1.86 bits per heavy atom. The third-order valence-electron chi connectivity index (χ3n) is 4.75. The Balaban J connectivity index is 1.58. The van der Waals surface area contributed by atoms with E-state index in [-0.39, 0.29) is 27.8 Å². The summed E-state index contributed by atoms with van der Waals surface area (Å²) >= 11 is 6.28. The zero-order valence-corrected chi connectivity index (χ0v) is 14.9. The number of fused-ring (bicyclic) bond motifs is 3. The van der Waals surface area contributed by atoms with Gasteiger partial charge >= 0.3 is 6.36 Å². The van der Waals surface area contributed by atoms with E-state index < -0.39 is 6.36 Å². The second kappa shape index (κ2) is 5.87. The fourth-order valence-corrected chi connectivity index (χ4v) is 3.29. The van der Waals surface area contributed by atoms with Crippen LogP contribution in [0, 0.1) is 5.41 Å². The van der Waals surface area contributed by atoms with E-state index in [1.165, 1.54) is 22.7 Å². The number of halogens is 4. The predicted molar refractivity (Wildman–Crippen MR) is 90.6 cm³/mol. The van der Waals surface area contributed by atoms with Gasteiger partial charge in [-0.05, 0) is 25.0 Å². The van der Waals surface area contributed by atoms with Crippen LogP contribution in [0.5, 0.6) is 17.2 Å². The number of aromatic nitrogens is 4. The van der Waals surface area contributed by atoms with Crippen molar-refractivity contribution in [1.82, 2.24) is 19.8 Å². The quantitative estimate of drug-likeness (QED) is 0.636. The van der Waals surface area contributed by atoms with Crippen LogP contribution in [-0.2, 0) is 0 Å². The van der Waals surface area contributed by atoms with Crippen molar-refractivity contribution in [2.75, 3.05) is 13.2 Å². The standard InChI is InChI=1S/C17H12ClF3N4O3/c18-13-11-12(27-8-16(4-5-16)7-26-11)15-23-22-14(25(15)24-13)9-2-1-3-10(6-9)28-17(19,20)21/h1-3,6H,4-5,7-8H2. The van der Waals surface area contributed by atoms with Crippen molar-refractivity contribution in [2.24, 2.45) is 5.41 Å². The molecule has 0 bridgehead atoms. The minimum atomic E-state index is -4.80. The highest BCUT2D eigenvalue weighted by atomic mass is 35.5. The molecule has 28 heavy (non-hydrogen) atoms. The first-order valence-corrected chi connectivity index (χ1v) is 8.78. The van der Waals surface area contributed by atoms with Crippen LogP contribution in [0.3, 0.4) is 0 Å². The maximum absolute atomic E-state index is 12.5. The van der Waals surface area contributed by atoms with Gasteiger partial charge in [-0.3, -0.25) is 0 Å². The number of alkyl halides is 3. The molecule has 1 fully saturated rings. The number of nitrogens with zero attached hydrogens (tertiary/aromatic N) is 4. The Morgan fingerprint density at radius 1 is 1.11 bits per heavy atom. The SMILES string of the molecule is FC(F)(F)Oc1cccc(-c2nnc3c4c(c(Cl)nn23)OCC2(CC2)CO4)c1. The molecule has 0 unspecified atom stereocenters. The Morgan fingerprint density at radius 3 is 2.57 bits per heavy atom. The Labute approximate surface area is 161 Å². The van der Waals surface area contributed by atoms with Crippen LogP contribution in [-0.4, -0.2) is 39.4 Å². The van der Waals surface area contributed by atoms with Crippen molar-refractivity contribution in [3.05, 3.63) is 29.4 Å². The summed E-state index contributed by atoms with van der Waals surface area (Å²) in [6.45, 7) is 0.947. The van der Waals surface area contributed by atoms with E-state index in [0.29, 0.717) is 30.3 Å². The number of ether oxygens (including phenoxy) is 3. The minimum absolute atomic E-state index is 0.00848. The zero-order chi connectivity index (χ0) is 19.5.